The van der Waals surface area contributed by atoms with E-state index in [9.17, 15) is 0 Å². The third-order valence-electron chi connectivity index (χ3n) is 11.0. The summed E-state index contributed by atoms with van der Waals surface area (Å²) >= 11 is 0. The van der Waals surface area contributed by atoms with Crippen LogP contribution in [-0.4, -0.2) is 56.9 Å². The van der Waals surface area contributed by atoms with Crippen LogP contribution in [0.5, 0.6) is 46.0 Å². The first-order valence-electron chi connectivity index (χ1n) is 19.9. The molecule has 0 aliphatic rings. The molecule has 0 radical (unpaired) electrons. The lowest BCUT2D eigenvalue weighted by atomic mass is 9.93. The highest BCUT2D eigenvalue weighted by molar-refractivity contribution is 7.81. The van der Waals surface area contributed by atoms with Gasteiger partial charge in [-0.2, -0.15) is 0 Å². The zero-order valence-electron chi connectivity index (χ0n) is 36.0. The summed E-state index contributed by atoms with van der Waals surface area (Å²) in [5, 5.41) is 11.1. The molecule has 0 aliphatic heterocycles. The molecule has 0 spiro atoms. The van der Waals surface area contributed by atoms with Crippen LogP contribution >= 0.6 is 15.8 Å². The smallest absolute Gasteiger partial charge is 0.203 e. The van der Waals surface area contributed by atoms with Gasteiger partial charge in [-0.25, -0.2) is 0 Å². The largest absolute Gasteiger partial charge is 0.497 e. The molecule has 62 heavy (non-hydrogen) atoms. The Labute approximate surface area is 365 Å². The molecule has 0 saturated heterocycles. The van der Waals surface area contributed by atoms with Gasteiger partial charge < -0.3 is 37.9 Å². The molecule has 0 aliphatic carbocycles. The Morgan fingerprint density at radius 1 is 0.306 bits per heavy atom. The van der Waals surface area contributed by atoms with E-state index in [1.807, 2.05) is 24.3 Å². The van der Waals surface area contributed by atoms with Gasteiger partial charge in [0.2, 0.25) is 11.5 Å². The maximum atomic E-state index is 6.01. The second kappa shape index (κ2) is 18.7. The fourth-order valence-electron chi connectivity index (χ4n) is 8.13. The van der Waals surface area contributed by atoms with Crippen LogP contribution < -0.4 is 69.7 Å². The lowest BCUT2D eigenvalue weighted by molar-refractivity contribution is 0.325. The van der Waals surface area contributed by atoms with Gasteiger partial charge in [-0.3, -0.25) is 0 Å². The van der Waals surface area contributed by atoms with E-state index >= 15 is 0 Å². The predicted octanol–water partition coefficient (Wildman–Crippen LogP) is 9.25. The van der Waals surface area contributed by atoms with Crippen LogP contribution in [0.25, 0.3) is 32.7 Å². The molecule has 0 aromatic heterocycles. The summed E-state index contributed by atoms with van der Waals surface area (Å²) in [7, 11) is 10.6. The van der Waals surface area contributed by atoms with Gasteiger partial charge in [0.15, 0.2) is 23.0 Å². The van der Waals surface area contributed by atoms with E-state index < -0.39 is 15.8 Å². The molecule has 8 aromatic rings. The lowest BCUT2D eigenvalue weighted by Crippen LogP contribution is -2.26. The number of benzene rings is 8. The van der Waals surface area contributed by atoms with Gasteiger partial charge in [-0.1, -0.05) is 97.1 Å². The summed E-state index contributed by atoms with van der Waals surface area (Å²) in [4.78, 5) is 0. The highest BCUT2D eigenvalue weighted by Gasteiger charge is 2.31. The van der Waals surface area contributed by atoms with E-state index in [0.717, 1.165) is 60.1 Å². The fourth-order valence-corrected chi connectivity index (χ4v) is 13.1. The summed E-state index contributed by atoms with van der Waals surface area (Å²) in [6.07, 6.45) is 0. The van der Waals surface area contributed by atoms with Crippen LogP contribution in [0.4, 0.5) is 0 Å². The molecule has 8 nitrogen and oxygen atoms in total. The Morgan fingerprint density at radius 2 is 0.645 bits per heavy atom. The van der Waals surface area contributed by atoms with Crippen molar-refractivity contribution in [3.05, 3.63) is 146 Å². The van der Waals surface area contributed by atoms with Crippen LogP contribution in [-0.2, 0) is 0 Å². The van der Waals surface area contributed by atoms with Crippen LogP contribution in [0.1, 0.15) is 0 Å². The fraction of sp³-hybridized carbons (Fsp3) is 0.154. The first kappa shape index (κ1) is 42.2. The average molecular weight is 863 g/mol. The highest BCUT2D eigenvalue weighted by Crippen LogP contribution is 2.49. The number of ether oxygens (including phenoxy) is 8. The molecule has 0 fully saturated rings. The number of fused-ring (bicyclic) bond motifs is 2. The Bertz CT molecular complexity index is 2700. The minimum atomic E-state index is -1.45. The molecular weight excluding hydrogens is 815 g/mol. The van der Waals surface area contributed by atoms with E-state index in [2.05, 4.69) is 121 Å². The average Bonchev–Trinajstić information content (AvgIpc) is 3.33. The van der Waals surface area contributed by atoms with Gasteiger partial charge in [-0.15, -0.1) is 0 Å². The van der Waals surface area contributed by atoms with Crippen molar-refractivity contribution in [2.75, 3.05) is 56.9 Å². The maximum Gasteiger partial charge on any atom is 0.203 e. The molecule has 0 heterocycles. The Hall–Kier alpha value is -6.46. The van der Waals surface area contributed by atoms with Crippen LogP contribution in [0, 0.1) is 0 Å². The Kier molecular flexibility index (Phi) is 12.7. The number of methoxy groups -OCH3 is 8. The van der Waals surface area contributed by atoms with Crippen molar-refractivity contribution in [2.24, 2.45) is 0 Å². The van der Waals surface area contributed by atoms with Gasteiger partial charge in [0.25, 0.3) is 0 Å². The van der Waals surface area contributed by atoms with Gasteiger partial charge >= 0.3 is 0 Å². The monoisotopic (exact) mass is 862 g/mol. The molecule has 0 unspecified atom stereocenters. The van der Waals surface area contributed by atoms with E-state index in [0.29, 0.717) is 34.5 Å². The van der Waals surface area contributed by atoms with Gasteiger partial charge in [0.05, 0.1) is 56.9 Å². The molecule has 10 heteroatoms. The van der Waals surface area contributed by atoms with E-state index in [1.54, 1.807) is 56.9 Å². The van der Waals surface area contributed by atoms with Crippen molar-refractivity contribution in [3.8, 4) is 57.1 Å². The maximum absolute atomic E-state index is 6.01. The molecule has 0 bridgehead atoms. The zero-order chi connectivity index (χ0) is 43.3. The minimum absolute atomic E-state index is 0.512. The second-order valence-electron chi connectivity index (χ2n) is 14.2. The SMILES string of the molecule is COc1ccc(P(c2ccc(OC)cc2)c2ccc3ccccc3c2-c2c(P(c3cc(OC)c(OC)c(OC)c3)c3cc(OC)c(OC)c(OC)c3)ccc3ccccc23)cc1. The van der Waals surface area contributed by atoms with Crippen molar-refractivity contribution in [3.63, 3.8) is 0 Å². The lowest BCUT2D eigenvalue weighted by Gasteiger charge is -2.29. The zero-order valence-corrected chi connectivity index (χ0v) is 37.8. The third kappa shape index (κ3) is 7.81. The van der Waals surface area contributed by atoms with Crippen molar-refractivity contribution in [2.45, 2.75) is 0 Å². The molecular formula is C52H48O8P2. The minimum Gasteiger partial charge on any atom is -0.497 e. The van der Waals surface area contributed by atoms with E-state index in [4.69, 9.17) is 37.9 Å². The number of hydrogen-bond acceptors (Lipinski definition) is 8. The van der Waals surface area contributed by atoms with Gasteiger partial charge in [0.1, 0.15) is 11.5 Å². The highest BCUT2D eigenvalue weighted by atomic mass is 31.1. The summed E-state index contributed by atoms with van der Waals surface area (Å²) < 4.78 is 47.1. The molecule has 0 atom stereocenters. The summed E-state index contributed by atoms with van der Waals surface area (Å²) in [5.41, 5.74) is 2.28. The Balaban J connectivity index is 1.54. The summed E-state index contributed by atoms with van der Waals surface area (Å²) in [6, 6.07) is 51.6. The van der Waals surface area contributed by atoms with E-state index in [1.165, 1.54) is 15.9 Å². The standard InChI is InChI=1S/C52H48O8P2/c1-53-35-19-23-37(24-20-35)61(38-25-21-36(54-2)22-26-38)47-27-17-33-13-9-11-15-41(33)49(47)50-42-16-12-10-14-34(42)18-28-48(50)62(39-29-43(55-3)51(59-7)44(30-39)56-4)40-31-45(57-5)52(60-8)46(32-40)58-6/h9-32H,1-8H3. The summed E-state index contributed by atoms with van der Waals surface area (Å²) in [6.45, 7) is 0. The predicted molar refractivity (Wildman–Crippen MR) is 257 cm³/mol. The molecule has 8 rings (SSSR count). The van der Waals surface area contributed by atoms with E-state index in [-0.39, 0.29) is 0 Å². The van der Waals surface area contributed by atoms with Gasteiger partial charge in [0, 0.05) is 0 Å². The van der Waals surface area contributed by atoms with Crippen molar-refractivity contribution >= 4 is 69.2 Å². The topological polar surface area (TPSA) is 73.8 Å². The number of rotatable bonds is 15. The van der Waals surface area contributed by atoms with Gasteiger partial charge in [-0.05, 0) is 129 Å². The molecule has 314 valence electrons. The summed E-state index contributed by atoms with van der Waals surface area (Å²) in [5.74, 6) is 4.84. The molecule has 0 N–H and O–H groups in total. The first-order valence-corrected chi connectivity index (χ1v) is 22.6. The Morgan fingerprint density at radius 3 is 0.968 bits per heavy atom. The molecule has 8 aromatic carbocycles. The quantitative estimate of drug-likeness (QED) is 0.0946. The van der Waals surface area contributed by atoms with Crippen molar-refractivity contribution in [1.29, 1.82) is 0 Å². The van der Waals surface area contributed by atoms with Crippen molar-refractivity contribution < 1.29 is 37.9 Å². The number of hydrogen-bond donors (Lipinski definition) is 0. The van der Waals surface area contributed by atoms with Crippen LogP contribution in [0.3, 0.4) is 0 Å². The first-order chi connectivity index (χ1) is 30.4. The van der Waals surface area contributed by atoms with Crippen LogP contribution in [0.15, 0.2) is 146 Å². The second-order valence-corrected chi connectivity index (χ2v) is 18.6. The van der Waals surface area contributed by atoms with Crippen LogP contribution in [0.2, 0.25) is 0 Å². The van der Waals surface area contributed by atoms with Crippen molar-refractivity contribution in [1.82, 2.24) is 0 Å². The normalized spacial score (nSPS) is 11.2. The third-order valence-corrected chi connectivity index (χ3v) is 15.9. The molecule has 0 amide bonds. The molecule has 0 saturated carbocycles.